The molecule has 46 heavy (non-hydrogen) atoms. The van der Waals surface area contributed by atoms with E-state index in [1.165, 1.54) is 63.1 Å². The molecule has 0 saturated heterocycles. The monoisotopic (exact) mass is 607 g/mol. The van der Waals surface area contributed by atoms with E-state index in [9.17, 15) is 0 Å². The number of anilines is 3. The van der Waals surface area contributed by atoms with Gasteiger partial charge >= 0.3 is 0 Å². The summed E-state index contributed by atoms with van der Waals surface area (Å²) >= 11 is 1.85. The third kappa shape index (κ3) is 3.88. The second-order valence-electron chi connectivity index (χ2n) is 12.6. The van der Waals surface area contributed by atoms with E-state index in [1.807, 2.05) is 11.3 Å². The zero-order valence-electron chi connectivity index (χ0n) is 25.3. The molecule has 0 amide bonds. The molecular weight excluding hydrogens is 579 g/mol. The quantitative estimate of drug-likeness (QED) is 0.186. The molecule has 0 aliphatic heterocycles. The van der Waals surface area contributed by atoms with Gasteiger partial charge in [0.15, 0.2) is 0 Å². The number of hydrogen-bond acceptors (Lipinski definition) is 3. The molecule has 9 aromatic rings. The van der Waals surface area contributed by atoms with Crippen LogP contribution in [-0.2, 0) is 0 Å². The summed E-state index contributed by atoms with van der Waals surface area (Å²) in [5, 5.41) is 12.6. The Balaban J connectivity index is 1.20. The van der Waals surface area contributed by atoms with E-state index in [4.69, 9.17) is 4.42 Å². The van der Waals surface area contributed by atoms with Gasteiger partial charge in [-0.15, -0.1) is 11.3 Å². The number of thiophene rings is 1. The molecule has 2 aromatic heterocycles. The third-order valence-electron chi connectivity index (χ3n) is 9.73. The summed E-state index contributed by atoms with van der Waals surface area (Å²) in [4.78, 5) is 2.38. The Morgan fingerprint density at radius 3 is 2.11 bits per heavy atom. The van der Waals surface area contributed by atoms with Gasteiger partial charge in [0.25, 0.3) is 0 Å². The number of fused-ring (bicyclic) bond motifs is 11. The summed E-state index contributed by atoms with van der Waals surface area (Å²) in [5.74, 6) is 0.517. The molecule has 0 bridgehead atoms. The standard InChI is InChI=1S/C43H29NOS/c1-26-10-20-40-38(22-26)36-19-14-31(25-41(36)45-40)44(30-15-21-43-39(24-30)37-8-4-5-9-42(37)46-43)29-13-18-33-28(23-29)12-17-34-32-7-3-2-6-27(32)11-16-35(33)34/h2-9,11-26H,10H2,1H3. The second-order valence-corrected chi connectivity index (χ2v) is 13.7. The van der Waals surface area contributed by atoms with Gasteiger partial charge in [0.1, 0.15) is 11.0 Å². The summed E-state index contributed by atoms with van der Waals surface area (Å²) in [6.45, 7) is 2.27. The van der Waals surface area contributed by atoms with Gasteiger partial charge in [0.05, 0.1) is 0 Å². The van der Waals surface area contributed by atoms with Crippen LogP contribution in [0.5, 0.6) is 0 Å². The first-order valence-electron chi connectivity index (χ1n) is 16.0. The number of benzene rings is 7. The molecule has 0 spiro atoms. The Labute approximate surface area is 269 Å². The van der Waals surface area contributed by atoms with Gasteiger partial charge in [-0.1, -0.05) is 85.8 Å². The fourth-order valence-corrected chi connectivity index (χ4v) is 8.57. The van der Waals surface area contributed by atoms with Crippen molar-refractivity contribution in [3.63, 3.8) is 0 Å². The average molecular weight is 608 g/mol. The van der Waals surface area contributed by atoms with Crippen LogP contribution < -0.4 is 15.5 Å². The molecule has 1 aliphatic carbocycles. The molecular formula is C43H29NOS. The summed E-state index contributed by atoms with van der Waals surface area (Å²) in [6.07, 6.45) is 5.61. The Bertz CT molecular complexity index is 2820. The number of furan rings is 1. The van der Waals surface area contributed by atoms with Crippen molar-refractivity contribution in [2.75, 3.05) is 4.90 Å². The first-order valence-corrected chi connectivity index (χ1v) is 16.8. The lowest BCUT2D eigenvalue weighted by Crippen LogP contribution is -2.24. The maximum Gasteiger partial charge on any atom is 0.137 e. The molecule has 0 N–H and O–H groups in total. The van der Waals surface area contributed by atoms with Crippen molar-refractivity contribution in [1.29, 1.82) is 0 Å². The largest absolute Gasteiger partial charge is 0.456 e. The van der Waals surface area contributed by atoms with E-state index in [0.29, 0.717) is 5.92 Å². The van der Waals surface area contributed by atoms with Crippen LogP contribution >= 0.6 is 11.3 Å². The van der Waals surface area contributed by atoms with Crippen molar-refractivity contribution >= 4 is 104 Å². The lowest BCUT2D eigenvalue weighted by molar-refractivity contribution is 0.567. The smallest absolute Gasteiger partial charge is 0.137 e. The van der Waals surface area contributed by atoms with Crippen molar-refractivity contribution in [1.82, 2.24) is 0 Å². The fourth-order valence-electron chi connectivity index (χ4n) is 7.49. The molecule has 1 atom stereocenters. The van der Waals surface area contributed by atoms with Crippen molar-refractivity contribution in [3.8, 4) is 0 Å². The van der Waals surface area contributed by atoms with Crippen molar-refractivity contribution in [2.24, 2.45) is 5.92 Å². The van der Waals surface area contributed by atoms with Crippen LogP contribution in [0.3, 0.4) is 0 Å². The Morgan fingerprint density at radius 2 is 1.22 bits per heavy atom. The van der Waals surface area contributed by atoms with Crippen LogP contribution in [0.15, 0.2) is 132 Å². The topological polar surface area (TPSA) is 16.4 Å². The van der Waals surface area contributed by atoms with E-state index in [2.05, 4.69) is 151 Å². The second kappa shape index (κ2) is 9.81. The van der Waals surface area contributed by atoms with E-state index in [-0.39, 0.29) is 0 Å². The van der Waals surface area contributed by atoms with Crippen LogP contribution in [-0.4, -0.2) is 0 Å². The first kappa shape index (κ1) is 25.9. The number of nitrogens with zero attached hydrogens (tertiary/aromatic N) is 1. The minimum Gasteiger partial charge on any atom is -0.456 e. The highest BCUT2D eigenvalue weighted by Crippen LogP contribution is 2.42. The molecule has 0 saturated carbocycles. The normalized spacial score (nSPS) is 14.7. The highest BCUT2D eigenvalue weighted by molar-refractivity contribution is 7.25. The SMILES string of the molecule is CC1C=c2c(oc3cc(N(c4ccc5c(ccc6c7ccccc7ccc56)c4)c4ccc5sc6ccccc6c5c4)ccc23)=CC1. The molecule has 7 aromatic carbocycles. The van der Waals surface area contributed by atoms with Crippen LogP contribution in [0.1, 0.15) is 13.3 Å². The molecule has 3 heteroatoms. The maximum atomic E-state index is 6.46. The van der Waals surface area contributed by atoms with Crippen molar-refractivity contribution < 1.29 is 4.42 Å². The first-order chi connectivity index (χ1) is 22.7. The van der Waals surface area contributed by atoms with Crippen LogP contribution in [0.2, 0.25) is 0 Å². The molecule has 2 heterocycles. The summed E-state index contributed by atoms with van der Waals surface area (Å²) in [6, 6.07) is 46.9. The van der Waals surface area contributed by atoms with Gasteiger partial charge in [-0.25, -0.2) is 0 Å². The Morgan fingerprint density at radius 1 is 0.565 bits per heavy atom. The molecule has 10 rings (SSSR count). The molecule has 2 nitrogen and oxygen atoms in total. The van der Waals surface area contributed by atoms with E-state index >= 15 is 0 Å². The van der Waals surface area contributed by atoms with Crippen molar-refractivity contribution in [3.05, 3.63) is 138 Å². The third-order valence-corrected chi connectivity index (χ3v) is 10.9. The van der Waals surface area contributed by atoms with E-state index in [1.54, 1.807) is 0 Å². The maximum absolute atomic E-state index is 6.46. The van der Waals surface area contributed by atoms with Gasteiger partial charge in [-0.2, -0.15) is 0 Å². The van der Waals surface area contributed by atoms with Gasteiger partial charge < -0.3 is 9.32 Å². The highest BCUT2D eigenvalue weighted by Gasteiger charge is 2.18. The number of rotatable bonds is 3. The van der Waals surface area contributed by atoms with Crippen LogP contribution in [0.25, 0.3) is 75.6 Å². The summed E-state index contributed by atoms with van der Waals surface area (Å²) < 4.78 is 9.08. The van der Waals surface area contributed by atoms with E-state index in [0.717, 1.165) is 34.5 Å². The van der Waals surface area contributed by atoms with Crippen LogP contribution in [0, 0.1) is 5.92 Å². The van der Waals surface area contributed by atoms with Gasteiger partial charge in [0.2, 0.25) is 0 Å². The minimum atomic E-state index is 0.517. The zero-order valence-corrected chi connectivity index (χ0v) is 26.1. The van der Waals surface area contributed by atoms with Gasteiger partial charge in [0, 0.05) is 53.9 Å². The molecule has 0 fully saturated rings. The van der Waals surface area contributed by atoms with Crippen LogP contribution in [0.4, 0.5) is 17.1 Å². The Hall–Kier alpha value is -5.38. The molecule has 1 unspecified atom stereocenters. The predicted octanol–water partition coefficient (Wildman–Crippen LogP) is 11.3. The minimum absolute atomic E-state index is 0.517. The lowest BCUT2D eigenvalue weighted by Gasteiger charge is -2.26. The lowest BCUT2D eigenvalue weighted by atomic mass is 9.96. The fraction of sp³-hybridized carbons (Fsp3) is 0.0698. The summed E-state index contributed by atoms with van der Waals surface area (Å²) in [7, 11) is 0. The molecule has 0 radical (unpaired) electrons. The molecule has 1 aliphatic rings. The zero-order chi connectivity index (χ0) is 30.4. The van der Waals surface area contributed by atoms with Gasteiger partial charge in [-0.05, 0) is 99.3 Å². The summed E-state index contributed by atoms with van der Waals surface area (Å²) in [5.41, 5.74) is 5.25. The predicted molar refractivity (Wildman–Crippen MR) is 198 cm³/mol. The Kier molecular flexibility index (Phi) is 5.52. The average Bonchev–Trinajstić information content (AvgIpc) is 3.65. The van der Waals surface area contributed by atoms with Crippen molar-refractivity contribution in [2.45, 2.75) is 13.3 Å². The van der Waals surface area contributed by atoms with Gasteiger partial charge in [-0.3, -0.25) is 0 Å². The van der Waals surface area contributed by atoms with E-state index < -0.39 is 0 Å². The molecule has 218 valence electrons. The number of hydrogen-bond donors (Lipinski definition) is 0. The highest BCUT2D eigenvalue weighted by atomic mass is 32.1.